The van der Waals surface area contributed by atoms with Crippen molar-refractivity contribution < 1.29 is 9.13 Å². The lowest BCUT2D eigenvalue weighted by Crippen LogP contribution is -2.04. The Hall–Kier alpha value is -1.74. The van der Waals surface area contributed by atoms with Crippen LogP contribution in [0.25, 0.3) is 0 Å². The van der Waals surface area contributed by atoms with Crippen molar-refractivity contribution in [3.8, 4) is 5.75 Å². The van der Waals surface area contributed by atoms with Gasteiger partial charge in [0.15, 0.2) is 0 Å². The first-order chi connectivity index (χ1) is 9.60. The van der Waals surface area contributed by atoms with Gasteiger partial charge < -0.3 is 10.1 Å². The SMILES string of the molecule is CCOc1ccc(Cl)cc1NCc1cc(C)ccc1F. The molecule has 2 aromatic rings. The molecule has 0 bridgehead atoms. The first-order valence-electron chi connectivity index (χ1n) is 6.51. The Kier molecular flexibility index (Phi) is 4.85. The average molecular weight is 294 g/mol. The zero-order valence-electron chi connectivity index (χ0n) is 11.5. The molecular weight excluding hydrogens is 277 g/mol. The van der Waals surface area contributed by atoms with E-state index in [-0.39, 0.29) is 5.82 Å². The first-order valence-corrected chi connectivity index (χ1v) is 6.89. The van der Waals surface area contributed by atoms with Crippen molar-refractivity contribution in [3.63, 3.8) is 0 Å². The van der Waals surface area contributed by atoms with Crippen LogP contribution in [0.5, 0.6) is 5.75 Å². The van der Waals surface area contributed by atoms with Gasteiger partial charge in [0.1, 0.15) is 11.6 Å². The highest BCUT2D eigenvalue weighted by Gasteiger charge is 2.07. The molecular formula is C16H17ClFNO. The van der Waals surface area contributed by atoms with Crippen LogP contribution in [0.1, 0.15) is 18.1 Å². The lowest BCUT2D eigenvalue weighted by molar-refractivity contribution is 0.341. The number of hydrogen-bond donors (Lipinski definition) is 1. The zero-order chi connectivity index (χ0) is 14.5. The summed E-state index contributed by atoms with van der Waals surface area (Å²) in [5.41, 5.74) is 2.41. The number of rotatable bonds is 5. The van der Waals surface area contributed by atoms with Crippen molar-refractivity contribution in [2.75, 3.05) is 11.9 Å². The molecule has 0 aliphatic rings. The Labute approximate surface area is 123 Å². The predicted octanol–water partition coefficient (Wildman–Crippen LogP) is 4.80. The molecule has 2 nitrogen and oxygen atoms in total. The van der Waals surface area contributed by atoms with Crippen LogP contribution < -0.4 is 10.1 Å². The van der Waals surface area contributed by atoms with E-state index in [0.717, 1.165) is 11.3 Å². The second kappa shape index (κ2) is 6.62. The fourth-order valence-electron chi connectivity index (χ4n) is 1.95. The quantitative estimate of drug-likeness (QED) is 0.855. The maximum Gasteiger partial charge on any atom is 0.142 e. The molecule has 20 heavy (non-hydrogen) atoms. The van der Waals surface area contributed by atoms with Gasteiger partial charge in [-0.3, -0.25) is 0 Å². The van der Waals surface area contributed by atoms with Crippen molar-refractivity contribution in [3.05, 3.63) is 58.4 Å². The molecule has 0 amide bonds. The Bertz CT molecular complexity index is 601. The number of nitrogens with one attached hydrogen (secondary N) is 1. The highest BCUT2D eigenvalue weighted by atomic mass is 35.5. The third-order valence-electron chi connectivity index (χ3n) is 2.91. The van der Waals surface area contributed by atoms with Crippen molar-refractivity contribution in [2.24, 2.45) is 0 Å². The molecule has 0 saturated heterocycles. The summed E-state index contributed by atoms with van der Waals surface area (Å²) in [7, 11) is 0. The number of anilines is 1. The molecule has 0 radical (unpaired) electrons. The summed E-state index contributed by atoms with van der Waals surface area (Å²) in [6.07, 6.45) is 0. The summed E-state index contributed by atoms with van der Waals surface area (Å²) in [6.45, 7) is 4.80. The predicted molar refractivity (Wildman–Crippen MR) is 81.1 cm³/mol. The number of aryl methyl sites for hydroxylation is 1. The molecule has 0 fully saturated rings. The summed E-state index contributed by atoms with van der Waals surface area (Å²) < 4.78 is 19.2. The van der Waals surface area contributed by atoms with Crippen LogP contribution in [0.3, 0.4) is 0 Å². The van der Waals surface area contributed by atoms with Crippen molar-refractivity contribution in [2.45, 2.75) is 20.4 Å². The second-order valence-electron chi connectivity index (χ2n) is 4.52. The van der Waals surface area contributed by atoms with Crippen LogP contribution in [0.15, 0.2) is 36.4 Å². The smallest absolute Gasteiger partial charge is 0.142 e. The van der Waals surface area contributed by atoms with E-state index >= 15 is 0 Å². The van der Waals surface area contributed by atoms with Gasteiger partial charge in [0.25, 0.3) is 0 Å². The number of ether oxygens (including phenoxy) is 1. The van der Waals surface area contributed by atoms with Crippen LogP contribution >= 0.6 is 11.6 Å². The van der Waals surface area contributed by atoms with Gasteiger partial charge in [-0.1, -0.05) is 29.3 Å². The summed E-state index contributed by atoms with van der Waals surface area (Å²) >= 11 is 5.99. The number of benzene rings is 2. The molecule has 2 aromatic carbocycles. The van der Waals surface area contributed by atoms with Gasteiger partial charge in [0, 0.05) is 17.1 Å². The minimum Gasteiger partial charge on any atom is -0.492 e. The minimum absolute atomic E-state index is 0.219. The summed E-state index contributed by atoms with van der Waals surface area (Å²) in [4.78, 5) is 0. The van der Waals surface area contributed by atoms with Crippen molar-refractivity contribution in [1.82, 2.24) is 0 Å². The highest BCUT2D eigenvalue weighted by molar-refractivity contribution is 6.30. The van der Waals surface area contributed by atoms with Gasteiger partial charge in [-0.05, 0) is 38.1 Å². The van der Waals surface area contributed by atoms with Crippen molar-refractivity contribution >= 4 is 17.3 Å². The highest BCUT2D eigenvalue weighted by Crippen LogP contribution is 2.28. The van der Waals surface area contributed by atoms with Crippen molar-refractivity contribution in [1.29, 1.82) is 0 Å². The standard InChI is InChI=1S/C16H17ClFNO/c1-3-20-16-7-5-13(17)9-15(16)19-10-12-8-11(2)4-6-14(12)18/h4-9,19H,3,10H2,1-2H3. The zero-order valence-corrected chi connectivity index (χ0v) is 12.3. The van der Waals surface area contributed by atoms with E-state index in [2.05, 4.69) is 5.32 Å². The van der Waals surface area contributed by atoms with E-state index in [4.69, 9.17) is 16.3 Å². The van der Waals surface area contributed by atoms with E-state index < -0.39 is 0 Å². The fraction of sp³-hybridized carbons (Fsp3) is 0.250. The maximum atomic E-state index is 13.7. The Balaban J connectivity index is 2.17. The van der Waals surface area contributed by atoms with Crippen LogP contribution in [-0.2, 0) is 6.54 Å². The number of halogens is 2. The van der Waals surface area contributed by atoms with Gasteiger partial charge in [-0.2, -0.15) is 0 Å². The van der Waals surface area contributed by atoms with Gasteiger partial charge in [-0.25, -0.2) is 4.39 Å². The van der Waals surface area contributed by atoms with Crippen LogP contribution in [0.2, 0.25) is 5.02 Å². The minimum atomic E-state index is -0.219. The van der Waals surface area contributed by atoms with Crippen LogP contribution in [0, 0.1) is 12.7 Å². The molecule has 0 heterocycles. The molecule has 0 unspecified atom stereocenters. The Morgan fingerprint density at radius 2 is 2.00 bits per heavy atom. The molecule has 106 valence electrons. The topological polar surface area (TPSA) is 21.3 Å². The largest absolute Gasteiger partial charge is 0.492 e. The monoisotopic (exact) mass is 293 g/mol. The third kappa shape index (κ3) is 3.64. The van der Waals surface area contributed by atoms with Gasteiger partial charge >= 0.3 is 0 Å². The lowest BCUT2D eigenvalue weighted by atomic mass is 10.1. The average Bonchev–Trinajstić information content (AvgIpc) is 2.42. The second-order valence-corrected chi connectivity index (χ2v) is 4.96. The Morgan fingerprint density at radius 3 is 2.75 bits per heavy atom. The van der Waals surface area contributed by atoms with E-state index in [0.29, 0.717) is 29.5 Å². The number of hydrogen-bond acceptors (Lipinski definition) is 2. The molecule has 4 heteroatoms. The Morgan fingerprint density at radius 1 is 1.20 bits per heavy atom. The van der Waals surface area contributed by atoms with E-state index in [9.17, 15) is 4.39 Å². The fourth-order valence-corrected chi connectivity index (χ4v) is 2.12. The molecule has 0 atom stereocenters. The van der Waals surface area contributed by atoms with Gasteiger partial charge in [0.05, 0.1) is 12.3 Å². The molecule has 0 aliphatic heterocycles. The molecule has 0 spiro atoms. The van der Waals surface area contributed by atoms with Gasteiger partial charge in [-0.15, -0.1) is 0 Å². The van der Waals surface area contributed by atoms with E-state index in [1.54, 1.807) is 24.3 Å². The van der Waals surface area contributed by atoms with Crippen LogP contribution in [-0.4, -0.2) is 6.61 Å². The first kappa shape index (κ1) is 14.7. The van der Waals surface area contributed by atoms with E-state index in [1.165, 1.54) is 6.07 Å². The molecule has 0 saturated carbocycles. The molecule has 2 rings (SSSR count). The summed E-state index contributed by atoms with van der Waals surface area (Å²) in [6, 6.07) is 10.4. The molecule has 0 aromatic heterocycles. The van der Waals surface area contributed by atoms with Crippen LogP contribution in [0.4, 0.5) is 10.1 Å². The van der Waals surface area contributed by atoms with Gasteiger partial charge in [0.2, 0.25) is 0 Å². The lowest BCUT2D eigenvalue weighted by Gasteiger charge is -2.13. The summed E-state index contributed by atoms with van der Waals surface area (Å²) in [5.74, 6) is 0.494. The maximum absolute atomic E-state index is 13.7. The summed E-state index contributed by atoms with van der Waals surface area (Å²) in [5, 5.41) is 3.79. The van der Waals surface area contributed by atoms with E-state index in [1.807, 2.05) is 19.9 Å². The molecule has 0 aliphatic carbocycles. The molecule has 1 N–H and O–H groups in total. The third-order valence-corrected chi connectivity index (χ3v) is 3.15. The normalized spacial score (nSPS) is 10.4.